The van der Waals surface area contributed by atoms with Crippen LogP contribution >= 0.6 is 11.8 Å². The molecule has 1 aromatic carbocycles. The maximum absolute atomic E-state index is 11.8. The minimum absolute atomic E-state index is 0.152. The SMILES string of the molecule is Cc1ccccc1NC(=O)CSC1CC(=O)NC1=O. The van der Waals surface area contributed by atoms with Crippen LogP contribution in [0.4, 0.5) is 5.69 Å². The molecule has 0 saturated carbocycles. The van der Waals surface area contributed by atoms with Crippen molar-refractivity contribution >= 4 is 35.2 Å². The molecule has 0 spiro atoms. The quantitative estimate of drug-likeness (QED) is 0.808. The van der Waals surface area contributed by atoms with Gasteiger partial charge in [0.25, 0.3) is 0 Å². The van der Waals surface area contributed by atoms with Crippen molar-refractivity contribution in [3.8, 4) is 0 Å². The average Bonchev–Trinajstić information content (AvgIpc) is 2.68. The van der Waals surface area contributed by atoms with Crippen LogP contribution in [0.25, 0.3) is 0 Å². The van der Waals surface area contributed by atoms with Crippen molar-refractivity contribution in [1.82, 2.24) is 5.32 Å². The second-order valence-electron chi connectivity index (χ2n) is 4.28. The molecule has 1 fully saturated rings. The molecule has 1 aliphatic heterocycles. The topological polar surface area (TPSA) is 75.3 Å². The van der Waals surface area contributed by atoms with E-state index in [9.17, 15) is 14.4 Å². The Bertz CT molecular complexity index is 530. The Labute approximate surface area is 115 Å². The third kappa shape index (κ3) is 3.57. The molecule has 19 heavy (non-hydrogen) atoms. The summed E-state index contributed by atoms with van der Waals surface area (Å²) in [6.07, 6.45) is 0.154. The molecule has 100 valence electrons. The summed E-state index contributed by atoms with van der Waals surface area (Å²) < 4.78 is 0. The molecule has 1 unspecified atom stereocenters. The number of hydrogen-bond acceptors (Lipinski definition) is 4. The molecular formula is C13H14N2O3S. The summed E-state index contributed by atoms with van der Waals surface area (Å²) in [5.41, 5.74) is 1.75. The van der Waals surface area contributed by atoms with E-state index in [0.29, 0.717) is 0 Å². The van der Waals surface area contributed by atoms with Gasteiger partial charge in [0.1, 0.15) is 0 Å². The Morgan fingerprint density at radius 3 is 2.79 bits per heavy atom. The molecule has 0 aliphatic carbocycles. The zero-order valence-electron chi connectivity index (χ0n) is 10.4. The first kappa shape index (κ1) is 13.6. The first-order chi connectivity index (χ1) is 9.06. The maximum atomic E-state index is 11.8. The number of para-hydroxylation sites is 1. The fraction of sp³-hybridized carbons (Fsp3) is 0.308. The van der Waals surface area contributed by atoms with Gasteiger partial charge >= 0.3 is 0 Å². The minimum atomic E-state index is -0.449. The average molecular weight is 278 g/mol. The van der Waals surface area contributed by atoms with Crippen LogP contribution in [-0.2, 0) is 14.4 Å². The summed E-state index contributed by atoms with van der Waals surface area (Å²) in [5.74, 6) is -0.605. The van der Waals surface area contributed by atoms with Crippen LogP contribution in [0.3, 0.4) is 0 Å². The lowest BCUT2D eigenvalue weighted by Crippen LogP contribution is -2.24. The van der Waals surface area contributed by atoms with Crippen LogP contribution in [0.15, 0.2) is 24.3 Å². The van der Waals surface area contributed by atoms with E-state index in [0.717, 1.165) is 11.3 Å². The molecule has 1 atom stereocenters. The lowest BCUT2D eigenvalue weighted by molar-refractivity contribution is -0.124. The van der Waals surface area contributed by atoms with Crippen LogP contribution in [0.2, 0.25) is 0 Å². The van der Waals surface area contributed by atoms with E-state index in [2.05, 4.69) is 10.6 Å². The van der Waals surface area contributed by atoms with Crippen LogP contribution in [-0.4, -0.2) is 28.7 Å². The maximum Gasteiger partial charge on any atom is 0.240 e. The van der Waals surface area contributed by atoms with Crippen LogP contribution in [0.5, 0.6) is 0 Å². The Hall–Kier alpha value is -1.82. The number of anilines is 1. The van der Waals surface area contributed by atoms with Gasteiger partial charge in [-0.1, -0.05) is 18.2 Å². The third-order valence-electron chi connectivity index (χ3n) is 2.76. The van der Waals surface area contributed by atoms with Gasteiger partial charge in [-0.15, -0.1) is 11.8 Å². The molecule has 0 radical (unpaired) electrons. The van der Waals surface area contributed by atoms with Gasteiger partial charge < -0.3 is 5.32 Å². The van der Waals surface area contributed by atoms with Gasteiger partial charge in [-0.25, -0.2) is 0 Å². The predicted molar refractivity (Wildman–Crippen MR) is 73.8 cm³/mol. The molecule has 0 aromatic heterocycles. The van der Waals surface area contributed by atoms with Gasteiger partial charge in [-0.3, -0.25) is 19.7 Å². The fourth-order valence-corrected chi connectivity index (χ4v) is 2.64. The van der Waals surface area contributed by atoms with Crippen molar-refractivity contribution in [1.29, 1.82) is 0 Å². The number of thioether (sulfide) groups is 1. The summed E-state index contributed by atoms with van der Waals surface area (Å²) in [5, 5.41) is 4.55. The number of amides is 3. The smallest absolute Gasteiger partial charge is 0.240 e. The first-order valence-corrected chi connectivity index (χ1v) is 6.92. The van der Waals surface area contributed by atoms with Crippen LogP contribution in [0.1, 0.15) is 12.0 Å². The monoisotopic (exact) mass is 278 g/mol. The number of imide groups is 1. The number of rotatable bonds is 4. The van der Waals surface area contributed by atoms with E-state index in [-0.39, 0.29) is 29.9 Å². The molecule has 2 rings (SSSR count). The normalized spacial score (nSPS) is 18.3. The number of nitrogens with one attached hydrogen (secondary N) is 2. The fourth-order valence-electron chi connectivity index (χ4n) is 1.74. The van der Waals surface area contributed by atoms with Gasteiger partial charge in [0.15, 0.2) is 0 Å². The number of benzene rings is 1. The van der Waals surface area contributed by atoms with E-state index < -0.39 is 5.25 Å². The largest absolute Gasteiger partial charge is 0.325 e. The van der Waals surface area contributed by atoms with E-state index in [1.54, 1.807) is 0 Å². The number of carbonyl (C=O) groups excluding carboxylic acids is 3. The highest BCUT2D eigenvalue weighted by Crippen LogP contribution is 2.20. The van der Waals surface area contributed by atoms with Gasteiger partial charge in [-0.05, 0) is 18.6 Å². The third-order valence-corrected chi connectivity index (χ3v) is 3.97. The highest BCUT2D eigenvalue weighted by molar-refractivity contribution is 8.01. The predicted octanol–water partition coefficient (Wildman–Crippen LogP) is 1.08. The molecule has 1 aliphatic rings. The van der Waals surface area contributed by atoms with Crippen molar-refractivity contribution in [2.45, 2.75) is 18.6 Å². The highest BCUT2D eigenvalue weighted by Gasteiger charge is 2.31. The van der Waals surface area contributed by atoms with E-state index in [1.807, 2.05) is 31.2 Å². The highest BCUT2D eigenvalue weighted by atomic mass is 32.2. The summed E-state index contributed by atoms with van der Waals surface area (Å²) in [4.78, 5) is 34.1. The molecule has 0 bridgehead atoms. The van der Waals surface area contributed by atoms with Crippen LogP contribution in [0, 0.1) is 6.92 Å². The van der Waals surface area contributed by atoms with Crippen molar-refractivity contribution in [3.05, 3.63) is 29.8 Å². The molecule has 1 aromatic rings. The summed E-state index contributed by atoms with van der Waals surface area (Å²) in [6.45, 7) is 1.91. The summed E-state index contributed by atoms with van der Waals surface area (Å²) in [6, 6.07) is 7.47. The van der Waals surface area contributed by atoms with Gasteiger partial charge in [0.2, 0.25) is 17.7 Å². The molecule has 5 nitrogen and oxygen atoms in total. The molecular weight excluding hydrogens is 264 g/mol. The standard InChI is InChI=1S/C13H14N2O3S/c1-8-4-2-3-5-9(8)14-12(17)7-19-10-6-11(16)15-13(10)18/h2-5,10H,6-7H2,1H3,(H,14,17)(H,15,16,18). The molecule has 6 heteroatoms. The van der Waals surface area contributed by atoms with Crippen molar-refractivity contribution in [2.24, 2.45) is 0 Å². The van der Waals surface area contributed by atoms with Crippen molar-refractivity contribution in [2.75, 3.05) is 11.1 Å². The van der Waals surface area contributed by atoms with Gasteiger partial charge in [0, 0.05) is 12.1 Å². The van der Waals surface area contributed by atoms with Crippen LogP contribution < -0.4 is 10.6 Å². The zero-order valence-corrected chi connectivity index (χ0v) is 11.3. The second-order valence-corrected chi connectivity index (χ2v) is 5.47. The van der Waals surface area contributed by atoms with Gasteiger partial charge in [-0.2, -0.15) is 0 Å². The lowest BCUT2D eigenvalue weighted by Gasteiger charge is -2.09. The summed E-state index contributed by atoms with van der Waals surface area (Å²) >= 11 is 1.18. The molecule has 2 N–H and O–H groups in total. The minimum Gasteiger partial charge on any atom is -0.325 e. The number of aryl methyl sites for hydroxylation is 1. The summed E-state index contributed by atoms with van der Waals surface area (Å²) in [7, 11) is 0. The van der Waals surface area contributed by atoms with Crippen molar-refractivity contribution in [3.63, 3.8) is 0 Å². The number of hydrogen-bond donors (Lipinski definition) is 2. The zero-order chi connectivity index (χ0) is 13.8. The Kier molecular flexibility index (Phi) is 4.21. The second kappa shape index (κ2) is 5.88. The first-order valence-electron chi connectivity index (χ1n) is 5.87. The molecule has 3 amide bonds. The van der Waals surface area contributed by atoms with E-state index in [1.165, 1.54) is 11.8 Å². The Balaban J connectivity index is 1.84. The molecule has 1 saturated heterocycles. The number of carbonyl (C=O) groups is 3. The Morgan fingerprint density at radius 1 is 1.42 bits per heavy atom. The van der Waals surface area contributed by atoms with Gasteiger partial charge in [0.05, 0.1) is 11.0 Å². The lowest BCUT2D eigenvalue weighted by atomic mass is 10.2. The van der Waals surface area contributed by atoms with E-state index >= 15 is 0 Å². The Morgan fingerprint density at radius 2 is 2.16 bits per heavy atom. The van der Waals surface area contributed by atoms with Crippen molar-refractivity contribution < 1.29 is 14.4 Å². The molecule has 1 heterocycles. The van der Waals surface area contributed by atoms with E-state index in [4.69, 9.17) is 0 Å².